The van der Waals surface area contributed by atoms with E-state index in [-0.39, 0.29) is 5.56 Å². The molecule has 2 aromatic carbocycles. The van der Waals surface area contributed by atoms with Crippen molar-refractivity contribution in [2.24, 2.45) is 0 Å². The maximum absolute atomic E-state index is 12.8. The van der Waals surface area contributed by atoms with Crippen molar-refractivity contribution in [3.63, 3.8) is 0 Å². The molecule has 0 aliphatic carbocycles. The predicted octanol–water partition coefficient (Wildman–Crippen LogP) is 4.17. The van der Waals surface area contributed by atoms with Crippen molar-refractivity contribution in [2.75, 3.05) is 0 Å². The van der Waals surface area contributed by atoms with Crippen molar-refractivity contribution in [1.29, 1.82) is 5.26 Å². The van der Waals surface area contributed by atoms with Gasteiger partial charge in [0.1, 0.15) is 5.69 Å². The average Bonchev–Trinajstić information content (AvgIpc) is 2.99. The monoisotopic (exact) mass is 360 g/mol. The van der Waals surface area contributed by atoms with Gasteiger partial charge in [0.05, 0.1) is 22.9 Å². The fraction of sp³-hybridized carbons (Fsp3) is 0.0500. The number of benzene rings is 2. The molecular formula is C20H13ClN4O. The molecule has 0 bridgehead atoms. The lowest BCUT2D eigenvalue weighted by Gasteiger charge is -2.10. The summed E-state index contributed by atoms with van der Waals surface area (Å²) in [4.78, 5) is 16.0. The van der Waals surface area contributed by atoms with E-state index in [0.717, 1.165) is 16.8 Å². The number of hydrogen-bond donors (Lipinski definition) is 1. The van der Waals surface area contributed by atoms with Gasteiger partial charge in [-0.25, -0.2) is 0 Å². The Kier molecular flexibility index (Phi) is 3.83. The Labute approximate surface area is 154 Å². The summed E-state index contributed by atoms with van der Waals surface area (Å²) in [5.41, 5.74) is 4.78. The van der Waals surface area contributed by atoms with Crippen molar-refractivity contribution in [1.82, 2.24) is 14.8 Å². The van der Waals surface area contributed by atoms with Gasteiger partial charge in [0.15, 0.2) is 0 Å². The Morgan fingerprint density at radius 3 is 2.46 bits per heavy atom. The standard InChI is InChI=1S/C20H13ClN4O/c1-12-18(14-4-2-13(10-22)3-5-14)19-17(11-23-12)20(26)25(24-19)16-8-6-15(21)7-9-16/h2-9,11,23H,1H3. The van der Waals surface area contributed by atoms with Crippen LogP contribution < -0.4 is 5.56 Å². The van der Waals surface area contributed by atoms with Crippen molar-refractivity contribution in [3.05, 3.63) is 81.4 Å². The number of hydrogen-bond acceptors (Lipinski definition) is 3. The van der Waals surface area contributed by atoms with E-state index in [1.807, 2.05) is 19.1 Å². The predicted molar refractivity (Wildman–Crippen MR) is 101 cm³/mol. The smallest absolute Gasteiger partial charge is 0.282 e. The van der Waals surface area contributed by atoms with Crippen LogP contribution in [0.25, 0.3) is 28.1 Å². The van der Waals surface area contributed by atoms with E-state index in [1.54, 1.807) is 42.6 Å². The third-order valence-electron chi connectivity index (χ3n) is 4.30. The Hall–Kier alpha value is -3.36. The minimum Gasteiger partial charge on any atom is -0.364 e. The summed E-state index contributed by atoms with van der Waals surface area (Å²) >= 11 is 5.93. The SMILES string of the molecule is Cc1[nH]cc2c(=O)n(-c3ccc(Cl)cc3)nc-2c1-c1ccc(C#N)cc1. The van der Waals surface area contributed by atoms with Crippen molar-refractivity contribution in [3.8, 4) is 34.1 Å². The number of aryl methyl sites for hydroxylation is 1. The van der Waals surface area contributed by atoms with Gasteiger partial charge in [0.25, 0.3) is 5.56 Å². The summed E-state index contributed by atoms with van der Waals surface area (Å²) < 4.78 is 1.38. The summed E-state index contributed by atoms with van der Waals surface area (Å²) in [6.45, 7) is 1.93. The molecule has 2 aromatic rings. The van der Waals surface area contributed by atoms with Gasteiger partial charge in [-0.3, -0.25) is 4.79 Å². The van der Waals surface area contributed by atoms with Gasteiger partial charge in [-0.05, 0) is 48.9 Å². The lowest BCUT2D eigenvalue weighted by Crippen LogP contribution is -2.14. The van der Waals surface area contributed by atoms with Gasteiger partial charge in [-0.2, -0.15) is 15.0 Å². The zero-order chi connectivity index (χ0) is 18.3. The Balaban J connectivity index is 1.95. The molecule has 5 nitrogen and oxygen atoms in total. The van der Waals surface area contributed by atoms with Crippen LogP contribution in [0.2, 0.25) is 5.02 Å². The van der Waals surface area contributed by atoms with Crippen LogP contribution >= 0.6 is 11.6 Å². The van der Waals surface area contributed by atoms with Crippen LogP contribution in [0, 0.1) is 18.3 Å². The molecule has 0 unspecified atom stereocenters. The Bertz CT molecular complexity index is 1160. The maximum atomic E-state index is 12.8. The molecule has 1 N–H and O–H groups in total. The number of fused-ring (bicyclic) bond motifs is 1. The fourth-order valence-electron chi connectivity index (χ4n) is 2.98. The molecule has 0 saturated heterocycles. The molecule has 0 fully saturated rings. The number of rotatable bonds is 2. The molecule has 0 aromatic heterocycles. The van der Waals surface area contributed by atoms with Crippen LogP contribution in [-0.2, 0) is 0 Å². The van der Waals surface area contributed by atoms with E-state index >= 15 is 0 Å². The average molecular weight is 361 g/mol. The topological polar surface area (TPSA) is 74.5 Å². The molecular weight excluding hydrogens is 348 g/mol. The molecule has 0 atom stereocenters. The summed E-state index contributed by atoms with van der Waals surface area (Å²) in [6, 6.07) is 16.3. The van der Waals surface area contributed by atoms with E-state index in [1.165, 1.54) is 4.68 Å². The highest BCUT2D eigenvalue weighted by Gasteiger charge is 2.22. The second kappa shape index (κ2) is 6.17. The highest BCUT2D eigenvalue weighted by molar-refractivity contribution is 6.30. The number of aromatic nitrogens is 3. The lowest BCUT2D eigenvalue weighted by atomic mass is 9.98. The van der Waals surface area contributed by atoms with Crippen LogP contribution in [0.15, 0.2) is 59.5 Å². The highest BCUT2D eigenvalue weighted by Crippen LogP contribution is 2.32. The molecule has 4 rings (SSSR count). The number of nitrogens with one attached hydrogen (secondary N) is 1. The molecule has 0 amide bonds. The van der Waals surface area contributed by atoms with Crippen molar-refractivity contribution < 1.29 is 0 Å². The van der Waals surface area contributed by atoms with Crippen LogP contribution in [-0.4, -0.2) is 14.8 Å². The minimum absolute atomic E-state index is 0.200. The van der Waals surface area contributed by atoms with Crippen LogP contribution in [0.5, 0.6) is 0 Å². The number of nitriles is 1. The van der Waals surface area contributed by atoms with Crippen molar-refractivity contribution in [2.45, 2.75) is 6.92 Å². The van der Waals surface area contributed by atoms with Crippen molar-refractivity contribution >= 4 is 11.6 Å². The maximum Gasteiger partial charge on any atom is 0.282 e. The van der Waals surface area contributed by atoms with E-state index in [4.69, 9.17) is 16.9 Å². The Morgan fingerprint density at radius 1 is 1.12 bits per heavy atom. The van der Waals surface area contributed by atoms with Crippen LogP contribution in [0.4, 0.5) is 0 Å². The second-order valence-corrected chi connectivity index (χ2v) is 6.37. The third kappa shape index (κ3) is 2.57. The third-order valence-corrected chi connectivity index (χ3v) is 4.55. The first-order valence-corrected chi connectivity index (χ1v) is 8.34. The minimum atomic E-state index is -0.200. The zero-order valence-corrected chi connectivity index (χ0v) is 14.6. The number of nitrogens with zero attached hydrogens (tertiary/aromatic N) is 3. The Morgan fingerprint density at radius 2 is 1.81 bits per heavy atom. The molecule has 0 saturated carbocycles. The summed E-state index contributed by atoms with van der Waals surface area (Å²) in [5.74, 6) is 0. The summed E-state index contributed by atoms with van der Waals surface area (Å²) in [5, 5.41) is 14.2. The fourth-order valence-corrected chi connectivity index (χ4v) is 3.11. The molecule has 2 aliphatic rings. The van der Waals surface area contributed by atoms with Gasteiger partial charge in [0.2, 0.25) is 0 Å². The largest absolute Gasteiger partial charge is 0.364 e. The van der Waals surface area contributed by atoms with E-state index in [9.17, 15) is 4.79 Å². The van der Waals surface area contributed by atoms with Crippen LogP contribution in [0.1, 0.15) is 11.3 Å². The molecule has 0 radical (unpaired) electrons. The molecule has 2 aliphatic heterocycles. The van der Waals surface area contributed by atoms with Gasteiger partial charge < -0.3 is 4.98 Å². The van der Waals surface area contributed by atoms with Gasteiger partial charge in [-0.1, -0.05) is 23.7 Å². The van der Waals surface area contributed by atoms with Gasteiger partial charge in [-0.15, -0.1) is 0 Å². The summed E-state index contributed by atoms with van der Waals surface area (Å²) in [7, 11) is 0. The lowest BCUT2D eigenvalue weighted by molar-refractivity contribution is 0.858. The first-order valence-electron chi connectivity index (χ1n) is 7.96. The molecule has 0 spiro atoms. The number of H-pyrrole nitrogens is 1. The van der Waals surface area contributed by atoms with Gasteiger partial charge >= 0.3 is 0 Å². The first kappa shape index (κ1) is 16.1. The van der Waals surface area contributed by atoms with E-state index < -0.39 is 0 Å². The summed E-state index contributed by atoms with van der Waals surface area (Å²) in [6.07, 6.45) is 1.68. The molecule has 6 heteroatoms. The molecule has 2 heterocycles. The zero-order valence-electron chi connectivity index (χ0n) is 13.8. The van der Waals surface area contributed by atoms with Crippen LogP contribution in [0.3, 0.4) is 0 Å². The first-order chi connectivity index (χ1) is 12.6. The number of pyridine rings is 1. The van der Waals surface area contributed by atoms with Gasteiger partial charge in [0, 0.05) is 22.5 Å². The second-order valence-electron chi connectivity index (χ2n) is 5.93. The van der Waals surface area contributed by atoms with E-state index in [2.05, 4.69) is 16.2 Å². The number of halogens is 1. The molecule has 126 valence electrons. The normalized spacial score (nSPS) is 10.8. The number of aromatic amines is 1. The molecule has 26 heavy (non-hydrogen) atoms. The quantitative estimate of drug-likeness (QED) is 0.583. The van der Waals surface area contributed by atoms with E-state index in [0.29, 0.717) is 27.5 Å². The highest BCUT2D eigenvalue weighted by atomic mass is 35.5.